The van der Waals surface area contributed by atoms with Gasteiger partial charge in [0.1, 0.15) is 17.8 Å². The molecule has 1 fully saturated rings. The number of thiocarbonyl (C=S) groups is 1. The molecule has 10 atom stereocenters. The summed E-state index contributed by atoms with van der Waals surface area (Å²) in [5.41, 5.74) is -1.74. The van der Waals surface area contributed by atoms with E-state index in [1.165, 1.54) is 0 Å². The maximum Gasteiger partial charge on any atom is 0.309 e. The van der Waals surface area contributed by atoms with E-state index in [1.54, 1.807) is 38.2 Å². The molecule has 10 unspecified atom stereocenters. The number of allylic oxidation sites excluding steroid dienone is 2. The summed E-state index contributed by atoms with van der Waals surface area (Å²) >= 11 is 5.36. The normalized spacial score (nSPS) is 33.5. The predicted octanol–water partition coefficient (Wildman–Crippen LogP) is 4.26. The highest BCUT2D eigenvalue weighted by Gasteiger charge is 2.47. The molecule has 0 spiro atoms. The van der Waals surface area contributed by atoms with E-state index in [0.717, 1.165) is 18.4 Å². The van der Waals surface area contributed by atoms with Gasteiger partial charge in [-0.25, -0.2) is 0 Å². The fourth-order valence-corrected chi connectivity index (χ4v) is 5.53. The summed E-state index contributed by atoms with van der Waals surface area (Å²) in [6, 6.07) is 0. The van der Waals surface area contributed by atoms with Gasteiger partial charge in [-0.05, 0) is 70.3 Å². The van der Waals surface area contributed by atoms with Gasteiger partial charge in [0.2, 0.25) is 0 Å². The highest BCUT2D eigenvalue weighted by atomic mass is 32.1. The molecule has 2 heterocycles. The summed E-state index contributed by atoms with van der Waals surface area (Å²) in [4.78, 5) is 12.7. The van der Waals surface area contributed by atoms with Crippen molar-refractivity contribution in [2.75, 3.05) is 6.54 Å². The van der Waals surface area contributed by atoms with Gasteiger partial charge in [-0.3, -0.25) is 4.79 Å². The molecule has 0 saturated carbocycles. The third-order valence-electron chi connectivity index (χ3n) is 8.40. The second-order valence-electron chi connectivity index (χ2n) is 12.8. The van der Waals surface area contributed by atoms with Gasteiger partial charge in [0.15, 0.2) is 0 Å². The van der Waals surface area contributed by atoms with Crippen molar-refractivity contribution in [3.63, 3.8) is 0 Å². The Morgan fingerprint density at radius 3 is 2.70 bits per heavy atom. The zero-order valence-corrected chi connectivity index (χ0v) is 27.8. The fourth-order valence-electron chi connectivity index (χ4n) is 5.33. The number of nitrogens with one attached hydrogen (secondary N) is 1. The summed E-state index contributed by atoms with van der Waals surface area (Å²) in [5, 5.41) is 46.1. The molecule has 0 radical (unpaired) electrons. The van der Waals surface area contributed by atoms with Gasteiger partial charge in [0.25, 0.3) is 5.17 Å². The van der Waals surface area contributed by atoms with E-state index in [-0.39, 0.29) is 48.5 Å². The molecule has 1 saturated heterocycles. The molecule has 2 aliphatic heterocycles. The maximum atomic E-state index is 12.7. The van der Waals surface area contributed by atoms with Crippen LogP contribution in [0.5, 0.6) is 0 Å². The molecule has 10 heteroatoms. The number of rotatable bonds is 12. The number of carbonyl (C=O) groups excluding carboxylic acids is 1. The average molecular weight is 626 g/mol. The number of aliphatic hydroxyl groups is 4. The van der Waals surface area contributed by atoms with Crippen LogP contribution in [0.1, 0.15) is 93.4 Å². The highest BCUT2D eigenvalue weighted by molar-refractivity contribution is 7.80. The van der Waals surface area contributed by atoms with E-state index < -0.39 is 41.6 Å². The van der Waals surface area contributed by atoms with Gasteiger partial charge >= 0.3 is 5.97 Å². The van der Waals surface area contributed by atoms with Crippen molar-refractivity contribution < 1.29 is 39.4 Å². The SMILES string of the molecule is CCCCNC(=S)OC1C=CC(C)C(C(C)=CC=CC(C)(O)CC2OC2C(C)C(O)CC)OC(=O)CC(O)CCC1(C)O. The second-order valence-corrected chi connectivity index (χ2v) is 13.2. The smallest absolute Gasteiger partial charge is 0.309 e. The molecule has 2 rings (SSSR count). The molecule has 0 amide bonds. The van der Waals surface area contributed by atoms with E-state index in [9.17, 15) is 25.2 Å². The van der Waals surface area contributed by atoms with Gasteiger partial charge in [0.05, 0.1) is 36.4 Å². The van der Waals surface area contributed by atoms with Crippen LogP contribution in [0.2, 0.25) is 0 Å². The number of unbranched alkanes of at least 4 members (excludes halogenated alkanes) is 1. The zero-order valence-electron chi connectivity index (χ0n) is 27.0. The third kappa shape index (κ3) is 12.6. The van der Waals surface area contributed by atoms with Crippen LogP contribution < -0.4 is 5.32 Å². The van der Waals surface area contributed by atoms with Crippen LogP contribution >= 0.6 is 12.2 Å². The Morgan fingerprint density at radius 2 is 2.05 bits per heavy atom. The Bertz CT molecular complexity index is 993. The van der Waals surface area contributed by atoms with E-state index in [2.05, 4.69) is 12.2 Å². The van der Waals surface area contributed by atoms with E-state index >= 15 is 0 Å². The minimum absolute atomic E-state index is 0.00218. The summed E-state index contributed by atoms with van der Waals surface area (Å²) in [5.74, 6) is -0.834. The number of carbonyl (C=O) groups is 1. The summed E-state index contributed by atoms with van der Waals surface area (Å²) in [7, 11) is 0. The van der Waals surface area contributed by atoms with E-state index in [4.69, 9.17) is 26.4 Å². The molecule has 246 valence electrons. The van der Waals surface area contributed by atoms with Crippen molar-refractivity contribution in [3.8, 4) is 0 Å². The van der Waals surface area contributed by atoms with Crippen molar-refractivity contribution >= 4 is 23.4 Å². The van der Waals surface area contributed by atoms with Crippen LogP contribution in [0, 0.1) is 11.8 Å². The predicted molar refractivity (Wildman–Crippen MR) is 171 cm³/mol. The lowest BCUT2D eigenvalue weighted by atomic mass is 9.88. The van der Waals surface area contributed by atoms with Crippen molar-refractivity contribution in [1.82, 2.24) is 5.32 Å². The number of cyclic esters (lactones) is 1. The van der Waals surface area contributed by atoms with Gasteiger partial charge in [-0.15, -0.1) is 0 Å². The Hall–Kier alpha value is -1.82. The Kier molecular flexibility index (Phi) is 14.8. The van der Waals surface area contributed by atoms with Crippen molar-refractivity contribution in [2.24, 2.45) is 11.8 Å². The highest BCUT2D eigenvalue weighted by Crippen LogP contribution is 2.37. The van der Waals surface area contributed by atoms with E-state index in [1.807, 2.05) is 33.8 Å². The Balaban J connectivity index is 2.19. The van der Waals surface area contributed by atoms with Crippen LogP contribution in [0.3, 0.4) is 0 Å². The molecular weight excluding hydrogens is 570 g/mol. The number of ether oxygens (including phenoxy) is 3. The molecule has 0 aromatic rings. The lowest BCUT2D eigenvalue weighted by molar-refractivity contribution is -0.151. The Morgan fingerprint density at radius 1 is 1.35 bits per heavy atom. The van der Waals surface area contributed by atoms with Crippen molar-refractivity contribution in [3.05, 3.63) is 36.0 Å². The molecule has 43 heavy (non-hydrogen) atoms. The quantitative estimate of drug-likeness (QED) is 0.0534. The first-order chi connectivity index (χ1) is 20.1. The minimum Gasteiger partial charge on any atom is -0.460 e. The first kappa shape index (κ1) is 37.4. The van der Waals surface area contributed by atoms with Gasteiger partial charge < -0.3 is 40.0 Å². The van der Waals surface area contributed by atoms with E-state index in [0.29, 0.717) is 19.4 Å². The second kappa shape index (κ2) is 17.0. The Labute approximate surface area is 263 Å². The summed E-state index contributed by atoms with van der Waals surface area (Å²) in [6.45, 7) is 13.7. The average Bonchev–Trinajstić information content (AvgIpc) is 3.69. The molecule has 2 aliphatic rings. The third-order valence-corrected chi connectivity index (χ3v) is 8.64. The van der Waals surface area contributed by atoms with Crippen LogP contribution in [0.15, 0.2) is 36.0 Å². The number of hydrogen-bond donors (Lipinski definition) is 5. The largest absolute Gasteiger partial charge is 0.460 e. The molecule has 0 aromatic carbocycles. The van der Waals surface area contributed by atoms with Crippen LogP contribution in [0.25, 0.3) is 0 Å². The number of esters is 1. The maximum absolute atomic E-state index is 12.7. The van der Waals surface area contributed by atoms with Gasteiger partial charge in [-0.1, -0.05) is 58.4 Å². The van der Waals surface area contributed by atoms with Crippen molar-refractivity contribution in [2.45, 2.75) is 141 Å². The number of epoxide rings is 1. The summed E-state index contributed by atoms with van der Waals surface area (Å²) < 4.78 is 17.5. The zero-order chi connectivity index (χ0) is 32.4. The molecule has 0 aromatic heterocycles. The lowest BCUT2D eigenvalue weighted by Crippen LogP contribution is -2.44. The standard InChI is InChI=1S/C33H55NO8S/c1-8-10-18-34-31(43)41-27-14-13-22(4)29(42-28(37)19-24(35)15-17-33(27,7)39)21(3)12-11-16-32(6,38)20-26-30(40-26)23(5)25(36)9-2/h11-14,16,22-27,29-30,35-36,38-39H,8-10,15,17-20H2,1-7H3,(H,34,43). The first-order valence-electron chi connectivity index (χ1n) is 15.7. The molecule has 9 nitrogen and oxygen atoms in total. The molecule has 5 N–H and O–H groups in total. The topological polar surface area (TPSA) is 141 Å². The number of aliphatic hydroxyl groups excluding tert-OH is 2. The van der Waals surface area contributed by atoms with Gasteiger partial charge in [-0.2, -0.15) is 0 Å². The molecule has 0 bridgehead atoms. The molecule has 0 aliphatic carbocycles. The van der Waals surface area contributed by atoms with Crippen molar-refractivity contribution in [1.29, 1.82) is 0 Å². The minimum atomic E-state index is -1.35. The van der Waals surface area contributed by atoms with Crippen LogP contribution in [0.4, 0.5) is 0 Å². The first-order valence-corrected chi connectivity index (χ1v) is 16.2. The number of hydrogen-bond acceptors (Lipinski definition) is 9. The lowest BCUT2D eigenvalue weighted by Gasteiger charge is -2.33. The monoisotopic (exact) mass is 625 g/mol. The summed E-state index contributed by atoms with van der Waals surface area (Å²) in [6.07, 6.45) is 8.93. The van der Waals surface area contributed by atoms with Crippen LogP contribution in [-0.4, -0.2) is 85.9 Å². The fraction of sp³-hybridized carbons (Fsp3) is 0.758. The van der Waals surface area contributed by atoms with Gasteiger partial charge in [0, 0.05) is 24.8 Å². The van der Waals surface area contributed by atoms with Crippen LogP contribution in [-0.2, 0) is 19.0 Å². The molecular formula is C33H55NO8S.